The van der Waals surface area contributed by atoms with Crippen molar-refractivity contribution in [2.24, 2.45) is 0 Å². The number of aryl methyl sites for hydroxylation is 1. The van der Waals surface area contributed by atoms with E-state index in [9.17, 15) is 14.9 Å². The molecule has 0 atom stereocenters. The van der Waals surface area contributed by atoms with Gasteiger partial charge in [-0.2, -0.15) is 0 Å². The second-order valence-electron chi connectivity index (χ2n) is 3.02. The van der Waals surface area contributed by atoms with E-state index in [1.54, 1.807) is 13.8 Å². The molecule has 0 spiro atoms. The summed E-state index contributed by atoms with van der Waals surface area (Å²) in [7, 11) is 0. The van der Waals surface area contributed by atoms with Gasteiger partial charge in [0.2, 0.25) is 5.91 Å². The van der Waals surface area contributed by atoms with Crippen molar-refractivity contribution in [2.45, 2.75) is 20.3 Å². The third kappa shape index (κ3) is 2.73. The Morgan fingerprint density at radius 3 is 2.80 bits per heavy atom. The smallest absolute Gasteiger partial charge is 0.287 e. The molecule has 0 aliphatic heterocycles. The number of nitro groups is 1. The average molecular weight is 209 g/mol. The number of nitrogens with zero attached hydrogens (tertiary/aromatic N) is 2. The lowest BCUT2D eigenvalue weighted by molar-refractivity contribution is -0.385. The topological polar surface area (TPSA) is 85.1 Å². The van der Waals surface area contributed by atoms with E-state index < -0.39 is 4.92 Å². The highest BCUT2D eigenvalue weighted by Gasteiger charge is 2.10. The van der Waals surface area contributed by atoms with E-state index >= 15 is 0 Å². The molecule has 0 saturated heterocycles. The van der Waals surface area contributed by atoms with Gasteiger partial charge in [0.25, 0.3) is 5.69 Å². The normalized spacial score (nSPS) is 9.73. The zero-order valence-electron chi connectivity index (χ0n) is 8.48. The number of carbonyl (C=O) groups is 1. The van der Waals surface area contributed by atoms with E-state index in [-0.39, 0.29) is 11.6 Å². The molecular weight excluding hydrogens is 198 g/mol. The summed E-state index contributed by atoms with van der Waals surface area (Å²) in [4.78, 5) is 24.8. The number of rotatable bonds is 3. The number of pyridine rings is 1. The van der Waals surface area contributed by atoms with E-state index in [0.717, 1.165) is 6.20 Å². The summed E-state index contributed by atoms with van der Waals surface area (Å²) in [5.41, 5.74) is 0.494. The van der Waals surface area contributed by atoms with Crippen molar-refractivity contribution >= 4 is 17.4 Å². The van der Waals surface area contributed by atoms with E-state index in [4.69, 9.17) is 0 Å². The lowest BCUT2D eigenvalue weighted by Gasteiger charge is -2.05. The van der Waals surface area contributed by atoms with Crippen molar-refractivity contribution in [3.8, 4) is 0 Å². The van der Waals surface area contributed by atoms with Crippen LogP contribution >= 0.6 is 0 Å². The molecule has 0 unspecified atom stereocenters. The second kappa shape index (κ2) is 4.50. The molecule has 1 N–H and O–H groups in total. The van der Waals surface area contributed by atoms with Crippen LogP contribution in [0, 0.1) is 17.0 Å². The van der Waals surface area contributed by atoms with Gasteiger partial charge in [-0.25, -0.2) is 4.98 Å². The molecule has 1 heterocycles. The summed E-state index contributed by atoms with van der Waals surface area (Å²) in [5, 5.41) is 13.0. The number of hydrogen-bond donors (Lipinski definition) is 1. The van der Waals surface area contributed by atoms with Crippen LogP contribution in [0.5, 0.6) is 0 Å². The van der Waals surface area contributed by atoms with Gasteiger partial charge in [0, 0.05) is 12.5 Å². The second-order valence-corrected chi connectivity index (χ2v) is 3.02. The molecule has 0 radical (unpaired) electrons. The molecule has 15 heavy (non-hydrogen) atoms. The summed E-state index contributed by atoms with van der Waals surface area (Å²) < 4.78 is 0. The fourth-order valence-electron chi connectivity index (χ4n) is 1.01. The minimum Gasteiger partial charge on any atom is -0.310 e. The van der Waals surface area contributed by atoms with Crippen LogP contribution in [0.1, 0.15) is 18.9 Å². The first-order chi connectivity index (χ1) is 7.04. The van der Waals surface area contributed by atoms with Gasteiger partial charge in [0.15, 0.2) is 0 Å². The van der Waals surface area contributed by atoms with Crippen molar-refractivity contribution in [2.75, 3.05) is 5.32 Å². The third-order valence-corrected chi connectivity index (χ3v) is 1.85. The molecule has 0 bridgehead atoms. The number of aromatic nitrogens is 1. The molecule has 1 rings (SSSR count). The molecule has 1 aromatic heterocycles. The SMILES string of the molecule is CCC(=O)Nc1ncc([N+](=O)[O-])cc1C. The van der Waals surface area contributed by atoms with Crippen molar-refractivity contribution in [3.05, 3.63) is 27.9 Å². The quantitative estimate of drug-likeness (QED) is 0.605. The summed E-state index contributed by atoms with van der Waals surface area (Å²) in [6, 6.07) is 1.37. The molecule has 6 nitrogen and oxygen atoms in total. The predicted octanol–water partition coefficient (Wildman–Crippen LogP) is 1.65. The van der Waals surface area contributed by atoms with Crippen molar-refractivity contribution in [1.29, 1.82) is 0 Å². The Hall–Kier alpha value is -1.98. The summed E-state index contributed by atoms with van der Waals surface area (Å²) in [6.45, 7) is 3.38. The minimum absolute atomic E-state index is 0.0815. The van der Waals surface area contributed by atoms with E-state index in [1.807, 2.05) is 0 Å². The van der Waals surface area contributed by atoms with Gasteiger partial charge in [0.1, 0.15) is 12.0 Å². The largest absolute Gasteiger partial charge is 0.310 e. The number of anilines is 1. The number of nitrogens with one attached hydrogen (secondary N) is 1. The lowest BCUT2D eigenvalue weighted by Crippen LogP contribution is -2.12. The van der Waals surface area contributed by atoms with Crippen LogP contribution in [-0.4, -0.2) is 15.8 Å². The summed E-state index contributed by atoms with van der Waals surface area (Å²) in [6.07, 6.45) is 1.47. The first kappa shape index (κ1) is 11.1. The first-order valence-corrected chi connectivity index (χ1v) is 4.45. The molecule has 0 aliphatic rings. The molecule has 0 aromatic carbocycles. The van der Waals surface area contributed by atoms with Crippen LogP contribution in [-0.2, 0) is 4.79 Å². The molecule has 0 fully saturated rings. The van der Waals surface area contributed by atoms with Gasteiger partial charge in [-0.1, -0.05) is 6.92 Å². The van der Waals surface area contributed by atoms with Crippen molar-refractivity contribution in [3.63, 3.8) is 0 Å². The van der Waals surface area contributed by atoms with Crippen LogP contribution in [0.2, 0.25) is 0 Å². The van der Waals surface area contributed by atoms with E-state index in [1.165, 1.54) is 6.07 Å². The minimum atomic E-state index is -0.522. The van der Waals surface area contributed by atoms with E-state index in [2.05, 4.69) is 10.3 Å². The molecule has 1 aromatic rings. The summed E-state index contributed by atoms with van der Waals surface area (Å²) >= 11 is 0. The van der Waals surface area contributed by atoms with Crippen LogP contribution < -0.4 is 5.32 Å². The fraction of sp³-hybridized carbons (Fsp3) is 0.333. The van der Waals surface area contributed by atoms with Crippen LogP contribution in [0.4, 0.5) is 11.5 Å². The van der Waals surface area contributed by atoms with E-state index in [0.29, 0.717) is 17.8 Å². The van der Waals surface area contributed by atoms with Gasteiger partial charge in [0.05, 0.1) is 4.92 Å². The molecule has 0 saturated carbocycles. The Labute approximate surface area is 86.5 Å². The Morgan fingerprint density at radius 2 is 2.33 bits per heavy atom. The van der Waals surface area contributed by atoms with Crippen molar-refractivity contribution < 1.29 is 9.72 Å². The third-order valence-electron chi connectivity index (χ3n) is 1.85. The maximum atomic E-state index is 11.1. The Morgan fingerprint density at radius 1 is 1.67 bits per heavy atom. The Kier molecular flexibility index (Phi) is 3.33. The van der Waals surface area contributed by atoms with Gasteiger partial charge < -0.3 is 5.32 Å². The van der Waals surface area contributed by atoms with Gasteiger partial charge in [-0.3, -0.25) is 14.9 Å². The first-order valence-electron chi connectivity index (χ1n) is 4.45. The lowest BCUT2D eigenvalue weighted by atomic mass is 10.2. The molecule has 80 valence electrons. The fourth-order valence-corrected chi connectivity index (χ4v) is 1.01. The zero-order chi connectivity index (χ0) is 11.4. The molecule has 6 heteroatoms. The van der Waals surface area contributed by atoms with Crippen LogP contribution in [0.25, 0.3) is 0 Å². The standard InChI is InChI=1S/C9H11N3O3/c1-3-8(13)11-9-6(2)4-7(5-10-9)12(14)15/h4-5H,3H2,1-2H3,(H,10,11,13). The van der Waals surface area contributed by atoms with Crippen molar-refractivity contribution in [1.82, 2.24) is 4.98 Å². The highest BCUT2D eigenvalue weighted by Crippen LogP contribution is 2.17. The maximum absolute atomic E-state index is 11.1. The highest BCUT2D eigenvalue weighted by molar-refractivity contribution is 5.90. The molecular formula is C9H11N3O3. The zero-order valence-corrected chi connectivity index (χ0v) is 8.48. The number of hydrogen-bond acceptors (Lipinski definition) is 4. The molecule has 1 amide bonds. The monoisotopic (exact) mass is 209 g/mol. The summed E-state index contributed by atoms with van der Waals surface area (Å²) in [5.74, 6) is 0.201. The highest BCUT2D eigenvalue weighted by atomic mass is 16.6. The Bertz CT molecular complexity index is 404. The maximum Gasteiger partial charge on any atom is 0.287 e. The van der Waals surface area contributed by atoms with Crippen LogP contribution in [0.15, 0.2) is 12.3 Å². The number of amides is 1. The Balaban J connectivity index is 2.93. The van der Waals surface area contributed by atoms with Crippen LogP contribution in [0.3, 0.4) is 0 Å². The number of carbonyl (C=O) groups excluding carboxylic acids is 1. The predicted molar refractivity (Wildman–Crippen MR) is 54.5 cm³/mol. The molecule has 0 aliphatic carbocycles. The average Bonchev–Trinajstić information content (AvgIpc) is 2.20. The van der Waals surface area contributed by atoms with Gasteiger partial charge >= 0.3 is 0 Å². The van der Waals surface area contributed by atoms with Gasteiger partial charge in [-0.05, 0) is 12.5 Å². The van der Waals surface area contributed by atoms with Gasteiger partial charge in [-0.15, -0.1) is 0 Å².